The molecule has 0 aliphatic heterocycles. The quantitative estimate of drug-likeness (QED) is 0.762. The predicted octanol–water partition coefficient (Wildman–Crippen LogP) is 1.75. The molecule has 1 heterocycles. The Morgan fingerprint density at radius 2 is 2.19 bits per heavy atom. The molecule has 1 aromatic heterocycles. The lowest BCUT2D eigenvalue weighted by Gasteiger charge is -2.10. The fourth-order valence-electron chi connectivity index (χ4n) is 2.45. The zero-order chi connectivity index (χ0) is 15.2. The van der Waals surface area contributed by atoms with Crippen LogP contribution in [0.5, 0.6) is 0 Å². The number of nitrogens with two attached hydrogens (primary N) is 1. The summed E-state index contributed by atoms with van der Waals surface area (Å²) in [7, 11) is 2.03. The van der Waals surface area contributed by atoms with Gasteiger partial charge in [-0.2, -0.15) is 0 Å². The van der Waals surface area contributed by atoms with Crippen LogP contribution in [0.2, 0.25) is 0 Å². The summed E-state index contributed by atoms with van der Waals surface area (Å²) >= 11 is 0. The molecule has 1 aromatic carbocycles. The van der Waals surface area contributed by atoms with Gasteiger partial charge in [-0.15, -0.1) is 0 Å². The highest BCUT2D eigenvalue weighted by Gasteiger charge is 2.11. The van der Waals surface area contributed by atoms with E-state index in [1.54, 1.807) is 0 Å². The molecule has 0 saturated carbocycles. The first kappa shape index (κ1) is 15.5. The third-order valence-electron chi connectivity index (χ3n) is 3.69. The minimum Gasteiger partial charge on any atom is -0.355 e. The SMILES string of the molecule is CCCC(N)C(=O)NCCCc1nc2ccccc2n1C. The van der Waals surface area contributed by atoms with Crippen LogP contribution in [0.25, 0.3) is 11.0 Å². The Morgan fingerprint density at radius 1 is 1.43 bits per heavy atom. The smallest absolute Gasteiger partial charge is 0.236 e. The average molecular weight is 288 g/mol. The Kier molecular flexibility index (Phi) is 5.33. The van der Waals surface area contributed by atoms with Crippen molar-refractivity contribution in [2.75, 3.05) is 6.54 Å². The molecule has 0 aliphatic rings. The third-order valence-corrected chi connectivity index (χ3v) is 3.69. The molecule has 3 N–H and O–H groups in total. The van der Waals surface area contributed by atoms with Crippen molar-refractivity contribution in [2.24, 2.45) is 12.8 Å². The van der Waals surface area contributed by atoms with Gasteiger partial charge in [0.25, 0.3) is 0 Å². The Morgan fingerprint density at radius 3 is 2.90 bits per heavy atom. The van der Waals surface area contributed by atoms with Gasteiger partial charge >= 0.3 is 0 Å². The molecule has 1 atom stereocenters. The number of benzene rings is 1. The second-order valence-corrected chi connectivity index (χ2v) is 5.37. The Bertz CT molecular complexity index is 605. The number of rotatable bonds is 7. The monoisotopic (exact) mass is 288 g/mol. The summed E-state index contributed by atoms with van der Waals surface area (Å²) in [6.45, 7) is 2.67. The van der Waals surface area contributed by atoms with Gasteiger partial charge in [0.1, 0.15) is 5.82 Å². The number of fused-ring (bicyclic) bond motifs is 1. The van der Waals surface area contributed by atoms with Crippen LogP contribution in [0.1, 0.15) is 32.0 Å². The number of para-hydroxylation sites is 2. The van der Waals surface area contributed by atoms with Crippen molar-refractivity contribution in [1.29, 1.82) is 0 Å². The summed E-state index contributed by atoms with van der Waals surface area (Å²) in [4.78, 5) is 16.3. The van der Waals surface area contributed by atoms with E-state index in [9.17, 15) is 4.79 Å². The number of aromatic nitrogens is 2. The summed E-state index contributed by atoms with van der Waals surface area (Å²) < 4.78 is 2.11. The minimum atomic E-state index is -0.384. The minimum absolute atomic E-state index is 0.0538. The Hall–Kier alpha value is -1.88. The van der Waals surface area contributed by atoms with Crippen LogP contribution < -0.4 is 11.1 Å². The van der Waals surface area contributed by atoms with E-state index >= 15 is 0 Å². The number of carbonyl (C=O) groups is 1. The van der Waals surface area contributed by atoms with Crippen molar-refractivity contribution >= 4 is 16.9 Å². The number of hydrogen-bond donors (Lipinski definition) is 2. The van der Waals surface area contributed by atoms with E-state index in [1.165, 1.54) is 0 Å². The summed E-state index contributed by atoms with van der Waals surface area (Å²) in [5.74, 6) is 0.991. The first-order valence-corrected chi connectivity index (χ1v) is 7.57. The molecular weight excluding hydrogens is 264 g/mol. The molecule has 2 rings (SSSR count). The van der Waals surface area contributed by atoms with E-state index in [0.29, 0.717) is 6.54 Å². The molecule has 21 heavy (non-hydrogen) atoms. The zero-order valence-corrected chi connectivity index (χ0v) is 12.8. The number of nitrogens with one attached hydrogen (secondary N) is 1. The van der Waals surface area contributed by atoms with Gasteiger partial charge in [-0.25, -0.2) is 4.98 Å². The van der Waals surface area contributed by atoms with Crippen LogP contribution in [0, 0.1) is 0 Å². The van der Waals surface area contributed by atoms with E-state index in [-0.39, 0.29) is 11.9 Å². The molecule has 1 unspecified atom stereocenters. The van der Waals surface area contributed by atoms with Crippen molar-refractivity contribution in [2.45, 2.75) is 38.6 Å². The van der Waals surface area contributed by atoms with Crippen LogP contribution >= 0.6 is 0 Å². The van der Waals surface area contributed by atoms with Gasteiger partial charge in [0.05, 0.1) is 17.1 Å². The topological polar surface area (TPSA) is 72.9 Å². The van der Waals surface area contributed by atoms with Gasteiger partial charge in [0.2, 0.25) is 5.91 Å². The zero-order valence-electron chi connectivity index (χ0n) is 12.8. The van der Waals surface area contributed by atoms with Gasteiger partial charge in [-0.3, -0.25) is 4.79 Å². The largest absolute Gasteiger partial charge is 0.355 e. The summed E-state index contributed by atoms with van der Waals surface area (Å²) in [6.07, 6.45) is 3.36. The second-order valence-electron chi connectivity index (χ2n) is 5.37. The molecule has 0 spiro atoms. The summed E-state index contributed by atoms with van der Waals surface area (Å²) in [5.41, 5.74) is 7.93. The lowest BCUT2D eigenvalue weighted by molar-refractivity contribution is -0.122. The number of amides is 1. The van der Waals surface area contributed by atoms with Gasteiger partial charge in [-0.05, 0) is 25.0 Å². The fraction of sp³-hybridized carbons (Fsp3) is 0.500. The molecule has 0 bridgehead atoms. The highest BCUT2D eigenvalue weighted by molar-refractivity contribution is 5.81. The van der Waals surface area contributed by atoms with Gasteiger partial charge in [0.15, 0.2) is 0 Å². The van der Waals surface area contributed by atoms with E-state index in [2.05, 4.69) is 20.9 Å². The molecule has 114 valence electrons. The number of imidazole rings is 1. The maximum Gasteiger partial charge on any atom is 0.236 e. The number of hydrogen-bond acceptors (Lipinski definition) is 3. The van der Waals surface area contributed by atoms with Crippen LogP contribution in [0.4, 0.5) is 0 Å². The molecule has 0 saturated heterocycles. The lowest BCUT2D eigenvalue weighted by atomic mass is 10.1. The van der Waals surface area contributed by atoms with E-state index in [0.717, 1.165) is 42.5 Å². The molecule has 2 aromatic rings. The Balaban J connectivity index is 1.83. The van der Waals surface area contributed by atoms with Crippen molar-refractivity contribution < 1.29 is 4.79 Å². The normalized spacial score (nSPS) is 12.5. The molecule has 0 aliphatic carbocycles. The maximum absolute atomic E-state index is 11.7. The van der Waals surface area contributed by atoms with Crippen molar-refractivity contribution in [3.8, 4) is 0 Å². The molecular formula is C16H24N4O. The molecule has 5 nitrogen and oxygen atoms in total. The molecule has 0 fully saturated rings. The van der Waals surface area contributed by atoms with Crippen LogP contribution in [0.3, 0.4) is 0 Å². The molecule has 1 amide bonds. The maximum atomic E-state index is 11.7. The molecule has 5 heteroatoms. The first-order valence-electron chi connectivity index (χ1n) is 7.57. The number of nitrogens with zero attached hydrogens (tertiary/aromatic N) is 2. The highest BCUT2D eigenvalue weighted by Crippen LogP contribution is 2.14. The van der Waals surface area contributed by atoms with Crippen molar-refractivity contribution in [3.05, 3.63) is 30.1 Å². The van der Waals surface area contributed by atoms with E-state index < -0.39 is 0 Å². The summed E-state index contributed by atoms with van der Waals surface area (Å²) in [6, 6.07) is 7.71. The lowest BCUT2D eigenvalue weighted by Crippen LogP contribution is -2.40. The molecule has 0 radical (unpaired) electrons. The van der Waals surface area contributed by atoms with Gasteiger partial charge < -0.3 is 15.6 Å². The van der Waals surface area contributed by atoms with Crippen molar-refractivity contribution in [1.82, 2.24) is 14.9 Å². The second kappa shape index (κ2) is 7.22. The van der Waals surface area contributed by atoms with E-state index in [4.69, 9.17) is 5.73 Å². The third kappa shape index (κ3) is 3.82. The van der Waals surface area contributed by atoms with Crippen LogP contribution in [-0.2, 0) is 18.3 Å². The van der Waals surface area contributed by atoms with Gasteiger partial charge in [0, 0.05) is 20.0 Å². The number of carbonyl (C=O) groups excluding carboxylic acids is 1. The van der Waals surface area contributed by atoms with Gasteiger partial charge in [-0.1, -0.05) is 25.5 Å². The highest BCUT2D eigenvalue weighted by atomic mass is 16.2. The Labute approximate surface area is 125 Å². The first-order chi connectivity index (χ1) is 10.1. The predicted molar refractivity (Wildman–Crippen MR) is 84.9 cm³/mol. The average Bonchev–Trinajstić information content (AvgIpc) is 2.80. The van der Waals surface area contributed by atoms with Crippen LogP contribution in [0.15, 0.2) is 24.3 Å². The number of aryl methyl sites for hydroxylation is 2. The summed E-state index contributed by atoms with van der Waals surface area (Å²) in [5, 5.41) is 2.89. The standard InChI is InChI=1S/C16H24N4O/c1-3-7-12(17)16(21)18-11-6-10-15-19-13-8-4-5-9-14(13)20(15)2/h4-5,8-9,12H,3,6-7,10-11,17H2,1-2H3,(H,18,21). The van der Waals surface area contributed by atoms with Crippen molar-refractivity contribution in [3.63, 3.8) is 0 Å². The fourth-order valence-corrected chi connectivity index (χ4v) is 2.45. The van der Waals surface area contributed by atoms with Crippen LogP contribution in [-0.4, -0.2) is 28.0 Å². The van der Waals surface area contributed by atoms with E-state index in [1.807, 2.05) is 32.2 Å².